The first kappa shape index (κ1) is 12.3. The van der Waals surface area contributed by atoms with Gasteiger partial charge in [0.1, 0.15) is 0 Å². The summed E-state index contributed by atoms with van der Waals surface area (Å²) in [6.07, 6.45) is 3.33. The number of ketones is 1. The fraction of sp³-hybridized carbons (Fsp3) is 0.615. The molecule has 0 spiro atoms. The Labute approximate surface area is 109 Å². The van der Waals surface area contributed by atoms with Crippen molar-refractivity contribution in [3.8, 4) is 0 Å². The number of Topliss-reactive ketones (excluding diaryl/α,β-unsaturated/α-hetero) is 1. The molecule has 3 atom stereocenters. The van der Waals surface area contributed by atoms with E-state index in [1.807, 2.05) is 12.1 Å². The molecule has 0 radical (unpaired) electrons. The summed E-state index contributed by atoms with van der Waals surface area (Å²) in [5.41, 5.74) is 0. The van der Waals surface area contributed by atoms with Gasteiger partial charge in [0.25, 0.3) is 0 Å². The minimum absolute atomic E-state index is 0.261. The summed E-state index contributed by atoms with van der Waals surface area (Å²) in [4.78, 5) is 13.2. The Balaban J connectivity index is 2.06. The SMILES string of the molecule is CC1CCC(C(=O)c2ccc(Br)s2)CC1C. The lowest BCUT2D eigenvalue weighted by atomic mass is 9.74. The molecule has 0 saturated heterocycles. The van der Waals surface area contributed by atoms with E-state index < -0.39 is 0 Å². The maximum absolute atomic E-state index is 12.3. The lowest BCUT2D eigenvalue weighted by molar-refractivity contribution is 0.0842. The summed E-state index contributed by atoms with van der Waals surface area (Å²) in [5, 5.41) is 0. The second kappa shape index (κ2) is 5.01. The van der Waals surface area contributed by atoms with Gasteiger partial charge in [0.2, 0.25) is 0 Å². The molecule has 1 aliphatic carbocycles. The van der Waals surface area contributed by atoms with E-state index >= 15 is 0 Å². The summed E-state index contributed by atoms with van der Waals surface area (Å²) < 4.78 is 1.05. The van der Waals surface area contributed by atoms with Gasteiger partial charge in [0.15, 0.2) is 5.78 Å². The summed E-state index contributed by atoms with van der Waals surface area (Å²) in [7, 11) is 0. The second-order valence-corrected chi connectivity index (χ2v) is 7.40. The van der Waals surface area contributed by atoms with E-state index in [2.05, 4.69) is 29.8 Å². The van der Waals surface area contributed by atoms with E-state index in [-0.39, 0.29) is 5.92 Å². The van der Waals surface area contributed by atoms with Crippen LogP contribution in [0, 0.1) is 17.8 Å². The standard InChI is InChI=1S/C13H17BrOS/c1-8-3-4-10(7-9(8)2)13(15)11-5-6-12(14)16-11/h5-6,8-10H,3-4,7H2,1-2H3. The van der Waals surface area contributed by atoms with Crippen molar-refractivity contribution in [1.82, 2.24) is 0 Å². The summed E-state index contributed by atoms with van der Waals surface area (Å²) in [6, 6.07) is 3.91. The van der Waals surface area contributed by atoms with Crippen LogP contribution >= 0.6 is 27.3 Å². The van der Waals surface area contributed by atoms with Gasteiger partial charge in [-0.1, -0.05) is 13.8 Å². The molecular weight excluding hydrogens is 284 g/mol. The Morgan fingerprint density at radius 2 is 2.06 bits per heavy atom. The molecule has 0 aromatic carbocycles. The van der Waals surface area contributed by atoms with Crippen LogP contribution in [0.25, 0.3) is 0 Å². The second-order valence-electron chi connectivity index (χ2n) is 4.93. The fourth-order valence-corrected chi connectivity index (χ4v) is 3.84. The first-order valence-corrected chi connectivity index (χ1v) is 7.48. The highest BCUT2D eigenvalue weighted by atomic mass is 79.9. The van der Waals surface area contributed by atoms with Gasteiger partial charge in [0, 0.05) is 5.92 Å². The zero-order valence-corrected chi connectivity index (χ0v) is 12.1. The summed E-state index contributed by atoms with van der Waals surface area (Å²) in [6.45, 7) is 4.57. The molecule has 1 aromatic rings. The van der Waals surface area contributed by atoms with E-state index in [4.69, 9.17) is 0 Å². The van der Waals surface area contributed by atoms with Crippen LogP contribution in [0.15, 0.2) is 15.9 Å². The molecule has 1 aromatic heterocycles. The highest BCUT2D eigenvalue weighted by Crippen LogP contribution is 2.36. The normalized spacial score (nSPS) is 30.3. The molecule has 1 heterocycles. The summed E-state index contributed by atoms with van der Waals surface area (Å²) >= 11 is 4.97. The van der Waals surface area contributed by atoms with Gasteiger partial charge in [-0.2, -0.15) is 0 Å². The van der Waals surface area contributed by atoms with E-state index in [1.54, 1.807) is 11.3 Å². The average molecular weight is 301 g/mol. The Hall–Kier alpha value is -0.150. The third kappa shape index (κ3) is 2.57. The minimum Gasteiger partial charge on any atom is -0.293 e. The zero-order chi connectivity index (χ0) is 11.7. The van der Waals surface area contributed by atoms with Gasteiger partial charge in [-0.15, -0.1) is 11.3 Å². The van der Waals surface area contributed by atoms with Gasteiger partial charge >= 0.3 is 0 Å². The predicted octanol–water partition coefficient (Wildman–Crippen LogP) is 4.77. The van der Waals surface area contributed by atoms with E-state index in [0.717, 1.165) is 27.4 Å². The first-order valence-electron chi connectivity index (χ1n) is 5.87. The van der Waals surface area contributed by atoms with Crippen LogP contribution in [-0.2, 0) is 0 Å². The number of halogens is 1. The molecule has 2 rings (SSSR count). The number of carbonyl (C=O) groups excluding carboxylic acids is 1. The highest BCUT2D eigenvalue weighted by molar-refractivity contribution is 9.11. The molecule has 1 saturated carbocycles. The lowest BCUT2D eigenvalue weighted by Gasteiger charge is -2.30. The van der Waals surface area contributed by atoms with Gasteiger partial charge < -0.3 is 0 Å². The first-order chi connectivity index (χ1) is 7.58. The van der Waals surface area contributed by atoms with Crippen molar-refractivity contribution in [3.05, 3.63) is 20.8 Å². The molecule has 0 aliphatic heterocycles. The lowest BCUT2D eigenvalue weighted by Crippen LogP contribution is -2.26. The maximum atomic E-state index is 12.3. The monoisotopic (exact) mass is 300 g/mol. The van der Waals surface area contributed by atoms with Crippen LogP contribution in [0.1, 0.15) is 42.8 Å². The molecule has 1 nitrogen and oxygen atoms in total. The molecule has 0 amide bonds. The van der Waals surface area contributed by atoms with Crippen molar-refractivity contribution in [1.29, 1.82) is 0 Å². The Bertz CT molecular complexity index is 385. The van der Waals surface area contributed by atoms with Gasteiger partial charge in [-0.25, -0.2) is 0 Å². The van der Waals surface area contributed by atoms with Gasteiger partial charge in [0.05, 0.1) is 8.66 Å². The smallest absolute Gasteiger partial charge is 0.175 e. The van der Waals surface area contributed by atoms with Crippen LogP contribution in [0.4, 0.5) is 0 Å². The molecule has 16 heavy (non-hydrogen) atoms. The number of carbonyl (C=O) groups is 1. The van der Waals surface area contributed by atoms with Crippen LogP contribution in [0.3, 0.4) is 0 Å². The van der Waals surface area contributed by atoms with Crippen molar-refractivity contribution in [2.45, 2.75) is 33.1 Å². The molecular formula is C13H17BrOS. The minimum atomic E-state index is 0.261. The number of thiophene rings is 1. The largest absolute Gasteiger partial charge is 0.293 e. The zero-order valence-electron chi connectivity index (χ0n) is 9.70. The van der Waals surface area contributed by atoms with Crippen molar-refractivity contribution in [3.63, 3.8) is 0 Å². The third-order valence-corrected chi connectivity index (χ3v) is 5.42. The van der Waals surface area contributed by atoms with Crippen molar-refractivity contribution in [2.75, 3.05) is 0 Å². The van der Waals surface area contributed by atoms with E-state index in [1.165, 1.54) is 6.42 Å². The van der Waals surface area contributed by atoms with Crippen LogP contribution in [-0.4, -0.2) is 5.78 Å². The van der Waals surface area contributed by atoms with Gasteiger partial charge in [-0.05, 0) is 59.2 Å². The molecule has 3 heteroatoms. The molecule has 88 valence electrons. The van der Waals surface area contributed by atoms with Crippen molar-refractivity contribution in [2.24, 2.45) is 17.8 Å². The number of rotatable bonds is 2. The van der Waals surface area contributed by atoms with E-state index in [0.29, 0.717) is 11.7 Å². The van der Waals surface area contributed by atoms with E-state index in [9.17, 15) is 4.79 Å². The third-order valence-electron chi connectivity index (χ3n) is 3.79. The van der Waals surface area contributed by atoms with Crippen LogP contribution < -0.4 is 0 Å². The quantitative estimate of drug-likeness (QED) is 0.719. The highest BCUT2D eigenvalue weighted by Gasteiger charge is 2.30. The Kier molecular flexibility index (Phi) is 3.85. The maximum Gasteiger partial charge on any atom is 0.175 e. The van der Waals surface area contributed by atoms with Crippen molar-refractivity contribution >= 4 is 33.0 Å². The Morgan fingerprint density at radius 3 is 2.62 bits per heavy atom. The van der Waals surface area contributed by atoms with Gasteiger partial charge in [-0.3, -0.25) is 4.79 Å². The molecule has 0 bridgehead atoms. The number of hydrogen-bond acceptors (Lipinski definition) is 2. The predicted molar refractivity (Wildman–Crippen MR) is 72.0 cm³/mol. The number of hydrogen-bond donors (Lipinski definition) is 0. The topological polar surface area (TPSA) is 17.1 Å². The fourth-order valence-electron chi connectivity index (χ4n) is 2.43. The molecule has 1 fully saturated rings. The Morgan fingerprint density at radius 1 is 1.31 bits per heavy atom. The van der Waals surface area contributed by atoms with Crippen LogP contribution in [0.5, 0.6) is 0 Å². The van der Waals surface area contributed by atoms with Crippen molar-refractivity contribution < 1.29 is 4.79 Å². The average Bonchev–Trinajstić information content (AvgIpc) is 2.68. The molecule has 1 aliphatic rings. The molecule has 3 unspecified atom stereocenters. The van der Waals surface area contributed by atoms with Crippen LogP contribution in [0.2, 0.25) is 0 Å². The molecule has 0 N–H and O–H groups in total. The summed E-state index contributed by atoms with van der Waals surface area (Å²) in [5.74, 6) is 2.08.